The van der Waals surface area contributed by atoms with Crippen molar-refractivity contribution in [3.8, 4) is 10.6 Å². The van der Waals surface area contributed by atoms with Crippen LogP contribution in [0.5, 0.6) is 0 Å². The lowest BCUT2D eigenvalue weighted by atomic mass is 10.2. The van der Waals surface area contributed by atoms with Gasteiger partial charge in [0.2, 0.25) is 0 Å². The second-order valence-corrected chi connectivity index (χ2v) is 6.56. The third-order valence-electron chi connectivity index (χ3n) is 3.67. The lowest BCUT2D eigenvalue weighted by Crippen LogP contribution is -2.13. The van der Waals surface area contributed by atoms with Crippen LogP contribution in [0.4, 0.5) is 14.6 Å². The van der Waals surface area contributed by atoms with Crippen molar-refractivity contribution in [2.75, 3.05) is 5.32 Å². The predicted molar refractivity (Wildman–Crippen MR) is 97.2 cm³/mol. The molecule has 4 rings (SSSR count). The first-order valence-electron chi connectivity index (χ1n) is 7.68. The maximum atomic E-state index is 13.2. The molecule has 7 heteroatoms. The van der Waals surface area contributed by atoms with Gasteiger partial charge in [0.1, 0.15) is 22.5 Å². The smallest absolute Gasteiger partial charge is 0.257 e. The highest BCUT2D eigenvalue weighted by Gasteiger charge is 2.11. The van der Waals surface area contributed by atoms with Crippen LogP contribution in [0.15, 0.2) is 60.8 Å². The van der Waals surface area contributed by atoms with Crippen molar-refractivity contribution in [1.29, 1.82) is 0 Å². The van der Waals surface area contributed by atoms with E-state index in [0.717, 1.165) is 32.9 Å². The predicted octanol–water partition coefficient (Wildman–Crippen LogP) is 4.89. The number of pyridine rings is 1. The molecule has 0 aliphatic rings. The highest BCUT2D eigenvalue weighted by Crippen LogP contribution is 2.29. The van der Waals surface area contributed by atoms with Gasteiger partial charge >= 0.3 is 0 Å². The maximum Gasteiger partial charge on any atom is 0.257 e. The van der Waals surface area contributed by atoms with E-state index in [1.807, 2.05) is 24.3 Å². The van der Waals surface area contributed by atoms with Crippen LogP contribution in [-0.4, -0.2) is 15.9 Å². The number of thiazole rings is 1. The lowest BCUT2D eigenvalue weighted by molar-refractivity contribution is 0.102. The van der Waals surface area contributed by atoms with E-state index >= 15 is 0 Å². The number of para-hydroxylation sites is 1. The SMILES string of the molecule is O=C(Nc1ccc(-c2nc3ccccc3s2)cn1)c1cc(F)cc(F)c1. The molecule has 1 amide bonds. The molecule has 0 spiro atoms. The summed E-state index contributed by atoms with van der Waals surface area (Å²) in [5, 5.41) is 3.34. The van der Waals surface area contributed by atoms with E-state index in [9.17, 15) is 13.6 Å². The first-order valence-corrected chi connectivity index (χ1v) is 8.49. The molecule has 0 aliphatic heterocycles. The number of rotatable bonds is 3. The summed E-state index contributed by atoms with van der Waals surface area (Å²) in [5.74, 6) is -1.98. The number of nitrogens with one attached hydrogen (secondary N) is 1. The van der Waals surface area contributed by atoms with E-state index in [1.54, 1.807) is 29.7 Å². The number of nitrogens with zero attached hydrogens (tertiary/aromatic N) is 2. The molecule has 2 aromatic carbocycles. The van der Waals surface area contributed by atoms with E-state index < -0.39 is 17.5 Å². The molecule has 0 bridgehead atoms. The Morgan fingerprint density at radius 3 is 2.46 bits per heavy atom. The van der Waals surface area contributed by atoms with Crippen molar-refractivity contribution in [2.24, 2.45) is 0 Å². The summed E-state index contributed by atoms with van der Waals surface area (Å²) in [6, 6.07) is 13.9. The Balaban J connectivity index is 1.55. The summed E-state index contributed by atoms with van der Waals surface area (Å²) in [5.41, 5.74) is 1.62. The van der Waals surface area contributed by atoms with Gasteiger partial charge in [-0.05, 0) is 36.4 Å². The zero-order valence-corrected chi connectivity index (χ0v) is 14.1. The first-order chi connectivity index (χ1) is 12.6. The number of anilines is 1. The van der Waals surface area contributed by atoms with Gasteiger partial charge in [-0.3, -0.25) is 4.79 Å². The Hall–Kier alpha value is -3.19. The van der Waals surface area contributed by atoms with E-state index in [2.05, 4.69) is 15.3 Å². The van der Waals surface area contributed by atoms with Crippen molar-refractivity contribution in [1.82, 2.24) is 9.97 Å². The number of fused-ring (bicyclic) bond motifs is 1. The lowest BCUT2D eigenvalue weighted by Gasteiger charge is -2.05. The number of aromatic nitrogens is 2. The molecule has 4 aromatic rings. The molecule has 2 heterocycles. The topological polar surface area (TPSA) is 54.9 Å². The van der Waals surface area contributed by atoms with Crippen LogP contribution in [-0.2, 0) is 0 Å². The minimum absolute atomic E-state index is 0.112. The van der Waals surface area contributed by atoms with Crippen LogP contribution in [0.1, 0.15) is 10.4 Å². The van der Waals surface area contributed by atoms with Gasteiger partial charge in [0.05, 0.1) is 10.2 Å². The van der Waals surface area contributed by atoms with Crippen LogP contribution < -0.4 is 5.32 Å². The Morgan fingerprint density at radius 2 is 1.77 bits per heavy atom. The zero-order chi connectivity index (χ0) is 18.1. The fraction of sp³-hybridized carbons (Fsp3) is 0. The number of benzene rings is 2. The summed E-state index contributed by atoms with van der Waals surface area (Å²) in [6.45, 7) is 0. The van der Waals surface area contributed by atoms with Gasteiger partial charge in [-0.25, -0.2) is 18.7 Å². The second kappa shape index (κ2) is 6.61. The number of carbonyl (C=O) groups excluding carboxylic acids is 1. The van der Waals surface area contributed by atoms with Crippen LogP contribution >= 0.6 is 11.3 Å². The Bertz CT molecular complexity index is 1060. The van der Waals surface area contributed by atoms with E-state index in [4.69, 9.17) is 0 Å². The fourth-order valence-corrected chi connectivity index (χ4v) is 3.42. The van der Waals surface area contributed by atoms with E-state index in [-0.39, 0.29) is 11.4 Å². The molecule has 4 nitrogen and oxygen atoms in total. The number of amides is 1. The van der Waals surface area contributed by atoms with Gasteiger partial charge < -0.3 is 5.32 Å². The molecule has 128 valence electrons. The standard InChI is InChI=1S/C19H11F2N3OS/c20-13-7-12(8-14(21)9-13)18(25)24-17-6-5-11(10-22-17)19-23-15-3-1-2-4-16(15)26-19/h1-10H,(H,22,24,25). The average molecular weight is 367 g/mol. The largest absolute Gasteiger partial charge is 0.307 e. The molecule has 0 aliphatic carbocycles. The van der Waals surface area contributed by atoms with Crippen LogP contribution in [0.25, 0.3) is 20.8 Å². The molecule has 2 aromatic heterocycles. The molecule has 26 heavy (non-hydrogen) atoms. The molecule has 0 unspecified atom stereocenters. The highest BCUT2D eigenvalue weighted by atomic mass is 32.1. The monoisotopic (exact) mass is 367 g/mol. The number of hydrogen-bond donors (Lipinski definition) is 1. The number of hydrogen-bond acceptors (Lipinski definition) is 4. The quantitative estimate of drug-likeness (QED) is 0.561. The Labute approximate surface area is 151 Å². The van der Waals surface area contributed by atoms with Crippen molar-refractivity contribution in [3.05, 3.63) is 78.0 Å². The highest BCUT2D eigenvalue weighted by molar-refractivity contribution is 7.21. The second-order valence-electron chi connectivity index (χ2n) is 5.53. The molecule has 0 saturated heterocycles. The average Bonchev–Trinajstić information content (AvgIpc) is 3.05. The van der Waals surface area contributed by atoms with Gasteiger partial charge in [-0.1, -0.05) is 12.1 Å². The number of carbonyl (C=O) groups is 1. The van der Waals surface area contributed by atoms with Gasteiger partial charge in [0.25, 0.3) is 5.91 Å². The third-order valence-corrected chi connectivity index (χ3v) is 4.76. The molecular weight excluding hydrogens is 356 g/mol. The summed E-state index contributed by atoms with van der Waals surface area (Å²) < 4.78 is 27.5. The molecule has 1 N–H and O–H groups in total. The zero-order valence-electron chi connectivity index (χ0n) is 13.2. The normalized spacial score (nSPS) is 10.8. The summed E-state index contributed by atoms with van der Waals surface area (Å²) in [6.07, 6.45) is 1.60. The van der Waals surface area contributed by atoms with E-state index in [1.165, 1.54) is 0 Å². The van der Waals surface area contributed by atoms with Gasteiger partial charge in [-0.2, -0.15) is 0 Å². The fourth-order valence-electron chi connectivity index (χ4n) is 2.46. The Morgan fingerprint density at radius 1 is 1.00 bits per heavy atom. The van der Waals surface area contributed by atoms with Gasteiger partial charge in [0, 0.05) is 23.4 Å². The summed E-state index contributed by atoms with van der Waals surface area (Å²) in [4.78, 5) is 20.8. The maximum absolute atomic E-state index is 13.2. The van der Waals surface area contributed by atoms with Gasteiger partial charge in [0.15, 0.2) is 0 Å². The van der Waals surface area contributed by atoms with Crippen molar-refractivity contribution >= 4 is 33.3 Å². The molecule has 0 saturated carbocycles. The molecular formula is C19H11F2N3OS. The van der Waals surface area contributed by atoms with Crippen molar-refractivity contribution in [3.63, 3.8) is 0 Å². The molecule has 0 fully saturated rings. The summed E-state index contributed by atoms with van der Waals surface area (Å²) >= 11 is 1.55. The van der Waals surface area contributed by atoms with E-state index in [0.29, 0.717) is 6.07 Å². The first kappa shape index (κ1) is 16.3. The van der Waals surface area contributed by atoms with Crippen LogP contribution in [0, 0.1) is 11.6 Å². The minimum Gasteiger partial charge on any atom is -0.307 e. The minimum atomic E-state index is -0.811. The van der Waals surface area contributed by atoms with Crippen molar-refractivity contribution in [2.45, 2.75) is 0 Å². The number of halogens is 2. The molecule has 0 atom stereocenters. The molecule has 0 radical (unpaired) electrons. The van der Waals surface area contributed by atoms with Crippen molar-refractivity contribution < 1.29 is 13.6 Å². The van der Waals surface area contributed by atoms with Gasteiger partial charge in [-0.15, -0.1) is 11.3 Å². The summed E-state index contributed by atoms with van der Waals surface area (Å²) in [7, 11) is 0. The Kier molecular flexibility index (Phi) is 4.14. The third kappa shape index (κ3) is 3.29. The van der Waals surface area contributed by atoms with Crippen LogP contribution in [0.3, 0.4) is 0 Å². The van der Waals surface area contributed by atoms with Crippen LogP contribution in [0.2, 0.25) is 0 Å².